The lowest BCUT2D eigenvalue weighted by atomic mass is 10.0. The molecular formula is C26H30FNO4S. The highest BCUT2D eigenvalue weighted by atomic mass is 32.2. The Morgan fingerprint density at radius 3 is 2.27 bits per heavy atom. The molecule has 0 saturated carbocycles. The average molecular weight is 472 g/mol. The molecule has 0 bridgehead atoms. The SMILES string of the molecule is FCC1CN(CCOc2ccccc2)C1.Oc1ccc2c(c1)SCCO2.Oc1ccccc1. The molecule has 2 aliphatic heterocycles. The molecule has 0 unspecified atom stereocenters. The van der Waals surface area contributed by atoms with Crippen LogP contribution in [0.15, 0.2) is 83.8 Å². The Kier molecular flexibility index (Phi) is 10.2. The van der Waals surface area contributed by atoms with Crippen molar-refractivity contribution in [3.8, 4) is 23.0 Å². The summed E-state index contributed by atoms with van der Waals surface area (Å²) in [6, 6.07) is 23.7. The first-order chi connectivity index (χ1) is 16.1. The Labute approximate surface area is 198 Å². The van der Waals surface area contributed by atoms with Gasteiger partial charge in [0.05, 0.1) is 18.2 Å². The molecule has 1 fully saturated rings. The molecule has 1 saturated heterocycles. The number of para-hydroxylation sites is 2. The van der Waals surface area contributed by atoms with E-state index in [1.165, 1.54) is 0 Å². The van der Waals surface area contributed by atoms with Crippen LogP contribution >= 0.6 is 11.8 Å². The second-order valence-electron chi connectivity index (χ2n) is 7.60. The van der Waals surface area contributed by atoms with Crippen LogP contribution in [0.1, 0.15) is 0 Å². The number of nitrogens with zero attached hydrogens (tertiary/aromatic N) is 1. The number of likely N-dealkylation sites (tertiary alicyclic amines) is 1. The van der Waals surface area contributed by atoms with E-state index in [1.807, 2.05) is 36.4 Å². The Bertz CT molecular complexity index is 940. The molecule has 0 spiro atoms. The lowest BCUT2D eigenvalue weighted by molar-refractivity contribution is 0.0668. The molecular weight excluding hydrogens is 441 g/mol. The largest absolute Gasteiger partial charge is 0.508 e. The van der Waals surface area contributed by atoms with E-state index in [2.05, 4.69) is 4.90 Å². The summed E-state index contributed by atoms with van der Waals surface area (Å²) >= 11 is 1.72. The first-order valence-corrected chi connectivity index (χ1v) is 11.9. The van der Waals surface area contributed by atoms with E-state index in [0.29, 0.717) is 18.1 Å². The summed E-state index contributed by atoms with van der Waals surface area (Å²) in [5, 5.41) is 17.8. The molecule has 2 aliphatic rings. The molecule has 7 heteroatoms. The summed E-state index contributed by atoms with van der Waals surface area (Å²) < 4.78 is 23.0. The first-order valence-electron chi connectivity index (χ1n) is 10.9. The molecule has 5 rings (SSSR count). The van der Waals surface area contributed by atoms with Crippen LogP contribution in [0.25, 0.3) is 0 Å². The quantitative estimate of drug-likeness (QED) is 0.531. The van der Waals surface area contributed by atoms with Gasteiger partial charge in [0.1, 0.15) is 29.6 Å². The number of ether oxygens (including phenoxy) is 2. The van der Waals surface area contributed by atoms with Crippen LogP contribution < -0.4 is 9.47 Å². The van der Waals surface area contributed by atoms with Crippen LogP contribution in [-0.4, -0.2) is 60.4 Å². The van der Waals surface area contributed by atoms with Gasteiger partial charge in [0.15, 0.2) is 0 Å². The zero-order valence-electron chi connectivity index (χ0n) is 18.5. The molecule has 5 nitrogen and oxygen atoms in total. The van der Waals surface area contributed by atoms with Crippen molar-refractivity contribution in [3.05, 3.63) is 78.9 Å². The maximum atomic E-state index is 12.1. The monoisotopic (exact) mass is 471 g/mol. The molecule has 3 aromatic rings. The zero-order valence-corrected chi connectivity index (χ0v) is 19.3. The number of fused-ring (bicyclic) bond motifs is 1. The fourth-order valence-electron chi connectivity index (χ4n) is 3.23. The Morgan fingerprint density at radius 2 is 1.64 bits per heavy atom. The minimum absolute atomic E-state index is 0.184. The van der Waals surface area contributed by atoms with Gasteiger partial charge in [-0.05, 0) is 42.5 Å². The molecule has 0 radical (unpaired) electrons. The summed E-state index contributed by atoms with van der Waals surface area (Å²) in [5.74, 6) is 3.65. The highest BCUT2D eigenvalue weighted by molar-refractivity contribution is 7.99. The van der Waals surface area contributed by atoms with Crippen molar-refractivity contribution in [2.75, 3.05) is 45.3 Å². The summed E-state index contributed by atoms with van der Waals surface area (Å²) in [4.78, 5) is 3.25. The number of halogens is 1. The van der Waals surface area contributed by atoms with Crippen LogP contribution in [0.2, 0.25) is 0 Å². The summed E-state index contributed by atoms with van der Waals surface area (Å²) in [6.45, 7) is 3.93. The summed E-state index contributed by atoms with van der Waals surface area (Å²) in [6.07, 6.45) is 0. The van der Waals surface area contributed by atoms with Gasteiger partial charge in [0.2, 0.25) is 0 Å². The van der Waals surface area contributed by atoms with Gasteiger partial charge in [0, 0.05) is 31.3 Å². The number of aromatic hydroxyl groups is 2. The van der Waals surface area contributed by atoms with Crippen LogP contribution in [0, 0.1) is 5.92 Å². The van der Waals surface area contributed by atoms with Gasteiger partial charge < -0.3 is 19.7 Å². The van der Waals surface area contributed by atoms with Crippen LogP contribution in [0.3, 0.4) is 0 Å². The standard InChI is InChI=1S/C12H16FNO.C8H8O2S.C6H6O/c13-8-11-9-14(10-11)6-7-15-12-4-2-1-3-5-12;9-6-1-2-7-8(5-6)11-4-3-10-7;7-6-4-2-1-3-5-6/h1-5,11H,6-10H2;1-2,5,9H,3-4H2;1-5,7H. The first kappa shape index (κ1) is 24.7. The molecule has 0 aliphatic carbocycles. The van der Waals surface area contributed by atoms with Crippen molar-refractivity contribution in [2.24, 2.45) is 5.92 Å². The molecule has 3 aromatic carbocycles. The van der Waals surface area contributed by atoms with E-state index in [9.17, 15) is 4.39 Å². The maximum absolute atomic E-state index is 12.1. The van der Waals surface area contributed by atoms with Crippen LogP contribution in [0.4, 0.5) is 4.39 Å². The minimum Gasteiger partial charge on any atom is -0.508 e. The second kappa shape index (κ2) is 13.6. The van der Waals surface area contributed by atoms with E-state index in [4.69, 9.17) is 19.7 Å². The van der Waals surface area contributed by atoms with Crippen molar-refractivity contribution < 1.29 is 24.1 Å². The van der Waals surface area contributed by atoms with E-state index >= 15 is 0 Å². The van der Waals surface area contributed by atoms with Gasteiger partial charge in [-0.25, -0.2) is 0 Å². The Hall–Kier alpha value is -2.90. The molecule has 33 heavy (non-hydrogen) atoms. The van der Waals surface area contributed by atoms with E-state index < -0.39 is 0 Å². The second-order valence-corrected chi connectivity index (χ2v) is 8.74. The van der Waals surface area contributed by atoms with E-state index in [0.717, 1.165) is 48.4 Å². The molecule has 0 amide bonds. The fourth-order valence-corrected chi connectivity index (χ4v) is 4.09. The van der Waals surface area contributed by atoms with Crippen LogP contribution in [-0.2, 0) is 0 Å². The molecule has 176 valence electrons. The topological polar surface area (TPSA) is 62.2 Å². The number of rotatable bonds is 5. The predicted molar refractivity (Wildman–Crippen MR) is 130 cm³/mol. The number of phenolic OH excluding ortho intramolecular Hbond substituents is 2. The van der Waals surface area contributed by atoms with Gasteiger partial charge in [0.25, 0.3) is 0 Å². The molecule has 0 atom stereocenters. The third kappa shape index (κ3) is 8.86. The summed E-state index contributed by atoms with van der Waals surface area (Å²) in [7, 11) is 0. The normalized spacial score (nSPS) is 14.8. The maximum Gasteiger partial charge on any atom is 0.133 e. The smallest absolute Gasteiger partial charge is 0.133 e. The Balaban J connectivity index is 0.000000149. The number of phenols is 2. The predicted octanol–water partition coefficient (Wildman–Crippen LogP) is 5.24. The number of benzene rings is 3. The van der Waals surface area contributed by atoms with Gasteiger partial charge in [-0.3, -0.25) is 9.29 Å². The van der Waals surface area contributed by atoms with Gasteiger partial charge in [-0.2, -0.15) is 0 Å². The molecule has 2 heterocycles. The molecule has 2 N–H and O–H groups in total. The van der Waals surface area contributed by atoms with Crippen molar-refractivity contribution in [2.45, 2.75) is 4.90 Å². The average Bonchev–Trinajstić information content (AvgIpc) is 2.82. The van der Waals surface area contributed by atoms with Crippen molar-refractivity contribution in [1.29, 1.82) is 0 Å². The lowest BCUT2D eigenvalue weighted by Crippen LogP contribution is -2.49. The van der Waals surface area contributed by atoms with Gasteiger partial charge in [-0.15, -0.1) is 11.8 Å². The van der Waals surface area contributed by atoms with Gasteiger partial charge >= 0.3 is 0 Å². The fraction of sp³-hybridized carbons (Fsp3) is 0.308. The third-order valence-electron chi connectivity index (χ3n) is 4.95. The highest BCUT2D eigenvalue weighted by Gasteiger charge is 2.25. The Morgan fingerprint density at radius 1 is 0.939 bits per heavy atom. The highest BCUT2D eigenvalue weighted by Crippen LogP contribution is 2.35. The number of alkyl halides is 1. The zero-order chi connectivity index (χ0) is 23.3. The van der Waals surface area contributed by atoms with Crippen molar-refractivity contribution in [3.63, 3.8) is 0 Å². The van der Waals surface area contributed by atoms with Crippen molar-refractivity contribution in [1.82, 2.24) is 4.90 Å². The van der Waals surface area contributed by atoms with E-state index in [-0.39, 0.29) is 12.6 Å². The van der Waals surface area contributed by atoms with Crippen LogP contribution in [0.5, 0.6) is 23.0 Å². The number of hydrogen-bond acceptors (Lipinski definition) is 6. The lowest BCUT2D eigenvalue weighted by Gasteiger charge is -2.37. The van der Waals surface area contributed by atoms with E-state index in [1.54, 1.807) is 54.2 Å². The van der Waals surface area contributed by atoms with Gasteiger partial charge in [-0.1, -0.05) is 36.4 Å². The summed E-state index contributed by atoms with van der Waals surface area (Å²) in [5.41, 5.74) is 0. The minimum atomic E-state index is -0.184. The molecule has 0 aromatic heterocycles. The van der Waals surface area contributed by atoms with Crippen molar-refractivity contribution >= 4 is 11.8 Å². The number of thioether (sulfide) groups is 1. The number of hydrogen-bond donors (Lipinski definition) is 2. The third-order valence-corrected chi connectivity index (χ3v) is 5.95.